The highest BCUT2D eigenvalue weighted by Crippen LogP contribution is 2.33. The van der Waals surface area contributed by atoms with Gasteiger partial charge in [0.15, 0.2) is 0 Å². The summed E-state index contributed by atoms with van der Waals surface area (Å²) in [6.07, 6.45) is 12.2. The molecule has 1 aliphatic heterocycles. The van der Waals surface area contributed by atoms with Crippen molar-refractivity contribution < 1.29 is 9.47 Å². The minimum Gasteiger partial charge on any atom is -0.383 e. The van der Waals surface area contributed by atoms with Gasteiger partial charge in [-0.25, -0.2) is 15.0 Å². The molecule has 0 bridgehead atoms. The smallest absolute Gasteiger partial charge is 0.223 e. The van der Waals surface area contributed by atoms with E-state index >= 15 is 0 Å². The molecular weight excluding hydrogens is 354 g/mol. The molecular formula is C21H29N5O2. The summed E-state index contributed by atoms with van der Waals surface area (Å²) < 4.78 is 11.6. The summed E-state index contributed by atoms with van der Waals surface area (Å²) in [4.78, 5) is 13.7. The van der Waals surface area contributed by atoms with Gasteiger partial charge in [-0.3, -0.25) is 0 Å². The third-order valence-electron chi connectivity index (χ3n) is 6.32. The number of aromatic nitrogens is 3. The van der Waals surface area contributed by atoms with Crippen LogP contribution in [0.25, 0.3) is 10.9 Å². The Kier molecular flexibility index (Phi) is 5.03. The van der Waals surface area contributed by atoms with Crippen molar-refractivity contribution >= 4 is 22.7 Å². The van der Waals surface area contributed by atoms with E-state index in [0.29, 0.717) is 29.8 Å². The largest absolute Gasteiger partial charge is 0.383 e. The van der Waals surface area contributed by atoms with Crippen LogP contribution in [0.3, 0.4) is 0 Å². The highest BCUT2D eigenvalue weighted by Gasteiger charge is 2.27. The summed E-state index contributed by atoms with van der Waals surface area (Å²) in [6.45, 7) is 2.47. The number of rotatable bonds is 6. The second-order valence-corrected chi connectivity index (χ2v) is 8.51. The quantitative estimate of drug-likeness (QED) is 0.790. The summed E-state index contributed by atoms with van der Waals surface area (Å²) in [5.74, 6) is 2.33. The Hall–Kier alpha value is -1.99. The van der Waals surface area contributed by atoms with Gasteiger partial charge in [0.25, 0.3) is 0 Å². The zero-order valence-electron chi connectivity index (χ0n) is 16.3. The van der Waals surface area contributed by atoms with Gasteiger partial charge in [0.1, 0.15) is 5.82 Å². The van der Waals surface area contributed by atoms with Crippen molar-refractivity contribution in [2.75, 3.05) is 30.9 Å². The molecule has 150 valence electrons. The maximum absolute atomic E-state index is 6.07. The van der Waals surface area contributed by atoms with E-state index in [4.69, 9.17) is 20.2 Å². The lowest BCUT2D eigenvalue weighted by molar-refractivity contribution is 0.0203. The maximum Gasteiger partial charge on any atom is 0.223 e. The van der Waals surface area contributed by atoms with Crippen LogP contribution in [0.1, 0.15) is 56.4 Å². The second kappa shape index (κ2) is 7.79. The van der Waals surface area contributed by atoms with Crippen LogP contribution in [-0.2, 0) is 9.47 Å². The first-order valence-electron chi connectivity index (χ1n) is 10.6. The number of nitrogens with two attached hydrogens (primary N) is 1. The van der Waals surface area contributed by atoms with Crippen LogP contribution in [0.15, 0.2) is 12.4 Å². The lowest BCUT2D eigenvalue weighted by atomic mass is 9.93. The predicted octanol–water partition coefficient (Wildman–Crippen LogP) is 3.26. The van der Waals surface area contributed by atoms with Crippen molar-refractivity contribution in [1.82, 2.24) is 15.0 Å². The van der Waals surface area contributed by atoms with Crippen LogP contribution in [0, 0.1) is 5.92 Å². The molecule has 1 atom stereocenters. The number of hydrogen-bond donors (Lipinski definition) is 2. The Bertz CT molecular complexity index is 827. The molecule has 0 amide bonds. The first-order valence-corrected chi connectivity index (χ1v) is 10.6. The van der Waals surface area contributed by atoms with Crippen molar-refractivity contribution in [1.29, 1.82) is 0 Å². The average Bonchev–Trinajstić information content (AvgIpc) is 3.39. The Labute approximate surface area is 165 Å². The van der Waals surface area contributed by atoms with Crippen molar-refractivity contribution in [2.24, 2.45) is 5.92 Å². The van der Waals surface area contributed by atoms with Crippen molar-refractivity contribution in [2.45, 2.75) is 63.0 Å². The molecule has 1 unspecified atom stereocenters. The Morgan fingerprint density at radius 2 is 1.93 bits per heavy atom. The lowest BCUT2D eigenvalue weighted by Crippen LogP contribution is -2.30. The van der Waals surface area contributed by atoms with E-state index in [1.165, 1.54) is 12.8 Å². The van der Waals surface area contributed by atoms with Gasteiger partial charge < -0.3 is 20.5 Å². The van der Waals surface area contributed by atoms with E-state index in [0.717, 1.165) is 74.3 Å². The molecule has 2 aliphatic carbocycles. The van der Waals surface area contributed by atoms with E-state index in [1.54, 1.807) is 6.20 Å². The monoisotopic (exact) mass is 383 g/mol. The Morgan fingerprint density at radius 3 is 2.68 bits per heavy atom. The average molecular weight is 383 g/mol. The molecule has 2 aromatic heterocycles. The van der Waals surface area contributed by atoms with E-state index in [9.17, 15) is 0 Å². The Morgan fingerprint density at radius 1 is 1.07 bits per heavy atom. The van der Waals surface area contributed by atoms with Gasteiger partial charge in [-0.05, 0) is 50.9 Å². The molecule has 2 saturated carbocycles. The molecule has 28 heavy (non-hydrogen) atoms. The molecule has 5 rings (SSSR count). The van der Waals surface area contributed by atoms with Crippen molar-refractivity contribution in [3.8, 4) is 0 Å². The fourth-order valence-corrected chi connectivity index (χ4v) is 4.32. The minimum atomic E-state index is 0.331. The molecule has 0 spiro atoms. The molecule has 3 aliphatic rings. The van der Waals surface area contributed by atoms with Gasteiger partial charge >= 0.3 is 0 Å². The van der Waals surface area contributed by atoms with E-state index in [2.05, 4.69) is 15.3 Å². The predicted molar refractivity (Wildman–Crippen MR) is 108 cm³/mol. The molecule has 2 aromatic rings. The second-order valence-electron chi connectivity index (χ2n) is 8.51. The number of anilines is 2. The first kappa shape index (κ1) is 18.1. The molecule has 0 aromatic carbocycles. The number of pyridine rings is 1. The van der Waals surface area contributed by atoms with Crippen LogP contribution in [0.2, 0.25) is 0 Å². The molecule has 7 nitrogen and oxygen atoms in total. The fraction of sp³-hybridized carbons (Fsp3) is 0.667. The van der Waals surface area contributed by atoms with Gasteiger partial charge in [-0.2, -0.15) is 0 Å². The third kappa shape index (κ3) is 3.91. The van der Waals surface area contributed by atoms with E-state index in [1.807, 2.05) is 6.20 Å². The highest BCUT2D eigenvalue weighted by atomic mass is 16.5. The maximum atomic E-state index is 6.07. The van der Waals surface area contributed by atoms with Gasteiger partial charge in [-0.15, -0.1) is 0 Å². The van der Waals surface area contributed by atoms with Crippen LogP contribution in [-0.4, -0.2) is 46.9 Å². The zero-order chi connectivity index (χ0) is 18.9. The van der Waals surface area contributed by atoms with Crippen LogP contribution in [0.4, 0.5) is 11.8 Å². The normalized spacial score (nSPS) is 27.9. The third-order valence-corrected chi connectivity index (χ3v) is 6.32. The number of nitrogens with one attached hydrogen (secondary N) is 1. The molecule has 3 heterocycles. The van der Waals surface area contributed by atoms with Gasteiger partial charge in [0.05, 0.1) is 23.6 Å². The SMILES string of the molecule is Nc1ncc(C2CCOC2)c2nc(NC3CCC(OCC4CC4)CC3)ncc12. The zero-order valence-corrected chi connectivity index (χ0v) is 16.3. The van der Waals surface area contributed by atoms with E-state index in [-0.39, 0.29) is 0 Å². The van der Waals surface area contributed by atoms with E-state index < -0.39 is 0 Å². The fourth-order valence-electron chi connectivity index (χ4n) is 4.32. The standard InChI is InChI=1S/C21H29N5O2/c22-20-18-10-24-21(26-19(18)17(9-23-20)14-7-8-27-12-14)25-15-3-5-16(6-4-15)28-11-13-1-2-13/h9-10,13-16H,1-8,11-12H2,(H2,22,23)(H,24,25,26). The molecule has 7 heteroatoms. The van der Waals surface area contributed by atoms with Crippen LogP contribution >= 0.6 is 0 Å². The van der Waals surface area contributed by atoms with Crippen molar-refractivity contribution in [3.63, 3.8) is 0 Å². The number of fused-ring (bicyclic) bond motifs is 1. The summed E-state index contributed by atoms with van der Waals surface area (Å²) in [6, 6.07) is 0.399. The number of hydrogen-bond acceptors (Lipinski definition) is 7. The van der Waals surface area contributed by atoms with Gasteiger partial charge in [0, 0.05) is 43.1 Å². The van der Waals surface area contributed by atoms with Crippen LogP contribution < -0.4 is 11.1 Å². The number of nitrogens with zero attached hydrogens (tertiary/aromatic N) is 3. The summed E-state index contributed by atoms with van der Waals surface area (Å²) >= 11 is 0. The number of nitrogen functional groups attached to an aromatic ring is 1. The summed E-state index contributed by atoms with van der Waals surface area (Å²) in [5, 5.41) is 4.36. The van der Waals surface area contributed by atoms with Crippen LogP contribution in [0.5, 0.6) is 0 Å². The molecule has 3 fully saturated rings. The topological polar surface area (TPSA) is 95.2 Å². The Balaban J connectivity index is 1.27. The molecule has 3 N–H and O–H groups in total. The molecule has 1 saturated heterocycles. The van der Waals surface area contributed by atoms with Gasteiger partial charge in [-0.1, -0.05) is 0 Å². The number of ether oxygens (including phenoxy) is 2. The van der Waals surface area contributed by atoms with Crippen molar-refractivity contribution in [3.05, 3.63) is 18.0 Å². The minimum absolute atomic E-state index is 0.331. The molecule has 0 radical (unpaired) electrons. The summed E-state index contributed by atoms with van der Waals surface area (Å²) in [5.41, 5.74) is 8.09. The highest BCUT2D eigenvalue weighted by molar-refractivity contribution is 5.90. The summed E-state index contributed by atoms with van der Waals surface area (Å²) in [7, 11) is 0. The van der Waals surface area contributed by atoms with Gasteiger partial charge in [0.2, 0.25) is 5.95 Å². The lowest BCUT2D eigenvalue weighted by Gasteiger charge is -2.29. The first-order chi connectivity index (χ1) is 13.8.